The normalized spacial score (nSPS) is 11.5. The van der Waals surface area contributed by atoms with Crippen LogP contribution in [0.2, 0.25) is 0 Å². The lowest BCUT2D eigenvalue weighted by atomic mass is 10.1. The number of hydrogen-bond donors (Lipinski definition) is 1. The molecule has 0 bridgehead atoms. The average molecular weight is 250 g/mol. The van der Waals surface area contributed by atoms with E-state index in [4.69, 9.17) is 23.2 Å². The molecular formula is C9H13Cl2N3O. The van der Waals surface area contributed by atoms with E-state index in [1.54, 1.807) is 24.9 Å². The molecule has 4 nitrogen and oxygen atoms in total. The fourth-order valence-electron chi connectivity index (χ4n) is 0.987. The first-order chi connectivity index (χ1) is 7.00. The summed E-state index contributed by atoms with van der Waals surface area (Å²) >= 11 is 11.5. The Bertz CT molecular complexity index is 347. The zero-order chi connectivity index (χ0) is 11.5. The fourth-order valence-corrected chi connectivity index (χ4v) is 1.41. The quantitative estimate of drug-likeness (QED) is 0.821. The van der Waals surface area contributed by atoms with Crippen molar-refractivity contribution in [1.29, 1.82) is 0 Å². The SMILES string of the molecule is Cn1cc(C(=O)NC(C)(CCl)CCl)cn1. The molecule has 1 N–H and O–H groups in total. The number of aryl methyl sites for hydroxylation is 1. The van der Waals surface area contributed by atoms with E-state index in [2.05, 4.69) is 10.4 Å². The third kappa shape index (κ3) is 3.11. The second-order valence-corrected chi connectivity index (χ2v) is 4.22. The predicted molar refractivity (Wildman–Crippen MR) is 60.5 cm³/mol. The molecule has 84 valence electrons. The number of amides is 1. The minimum atomic E-state index is -0.587. The lowest BCUT2D eigenvalue weighted by molar-refractivity contribution is 0.0921. The van der Waals surface area contributed by atoms with Crippen LogP contribution in [0.5, 0.6) is 0 Å². The van der Waals surface area contributed by atoms with Crippen LogP contribution in [0, 0.1) is 0 Å². The van der Waals surface area contributed by atoms with Crippen molar-refractivity contribution in [2.24, 2.45) is 7.05 Å². The summed E-state index contributed by atoms with van der Waals surface area (Å²) in [6.07, 6.45) is 3.14. The Morgan fingerprint density at radius 1 is 1.60 bits per heavy atom. The molecule has 0 saturated carbocycles. The molecular weight excluding hydrogens is 237 g/mol. The lowest BCUT2D eigenvalue weighted by Crippen LogP contribution is -2.49. The van der Waals surface area contributed by atoms with Crippen LogP contribution in [0.3, 0.4) is 0 Å². The van der Waals surface area contributed by atoms with Gasteiger partial charge in [0.1, 0.15) is 0 Å². The molecule has 1 heterocycles. The van der Waals surface area contributed by atoms with Gasteiger partial charge in [-0.25, -0.2) is 0 Å². The molecule has 0 aromatic carbocycles. The number of carbonyl (C=O) groups is 1. The van der Waals surface area contributed by atoms with Crippen molar-refractivity contribution in [3.63, 3.8) is 0 Å². The molecule has 1 aromatic rings. The summed E-state index contributed by atoms with van der Waals surface area (Å²) in [5, 5.41) is 6.68. The van der Waals surface area contributed by atoms with Gasteiger partial charge in [-0.15, -0.1) is 23.2 Å². The van der Waals surface area contributed by atoms with Crippen molar-refractivity contribution < 1.29 is 4.79 Å². The van der Waals surface area contributed by atoms with E-state index in [1.165, 1.54) is 6.20 Å². The van der Waals surface area contributed by atoms with Gasteiger partial charge in [-0.2, -0.15) is 5.10 Å². The lowest BCUT2D eigenvalue weighted by Gasteiger charge is -2.25. The summed E-state index contributed by atoms with van der Waals surface area (Å²) in [6.45, 7) is 1.79. The number of nitrogens with one attached hydrogen (secondary N) is 1. The first-order valence-corrected chi connectivity index (χ1v) is 5.51. The van der Waals surface area contributed by atoms with E-state index >= 15 is 0 Å². The Labute approximate surface area is 98.5 Å². The van der Waals surface area contributed by atoms with Gasteiger partial charge in [-0.1, -0.05) is 0 Å². The molecule has 0 radical (unpaired) electrons. The maximum absolute atomic E-state index is 11.7. The summed E-state index contributed by atoms with van der Waals surface area (Å²) in [7, 11) is 1.75. The standard InChI is InChI=1S/C9H13Cl2N3O/c1-9(5-10,6-11)13-8(15)7-3-12-14(2)4-7/h3-4H,5-6H2,1-2H3,(H,13,15). The average Bonchev–Trinajstić information content (AvgIpc) is 2.65. The van der Waals surface area contributed by atoms with Gasteiger partial charge in [0, 0.05) is 25.0 Å². The molecule has 0 atom stereocenters. The third-order valence-corrected chi connectivity index (χ3v) is 3.15. The maximum Gasteiger partial charge on any atom is 0.254 e. The highest BCUT2D eigenvalue weighted by atomic mass is 35.5. The van der Waals surface area contributed by atoms with Crippen LogP contribution in [0.4, 0.5) is 0 Å². The molecule has 6 heteroatoms. The van der Waals surface area contributed by atoms with Crippen molar-refractivity contribution in [3.8, 4) is 0 Å². The molecule has 15 heavy (non-hydrogen) atoms. The van der Waals surface area contributed by atoms with Crippen LogP contribution in [-0.4, -0.2) is 33.0 Å². The highest BCUT2D eigenvalue weighted by molar-refractivity contribution is 6.22. The number of hydrogen-bond acceptors (Lipinski definition) is 2. The Morgan fingerprint density at radius 2 is 2.20 bits per heavy atom. The van der Waals surface area contributed by atoms with E-state index in [0.717, 1.165) is 0 Å². The Hall–Kier alpha value is -0.740. The van der Waals surface area contributed by atoms with E-state index in [0.29, 0.717) is 5.56 Å². The Kier molecular flexibility index (Phi) is 3.99. The zero-order valence-electron chi connectivity index (χ0n) is 8.63. The van der Waals surface area contributed by atoms with Crippen molar-refractivity contribution in [3.05, 3.63) is 18.0 Å². The molecule has 0 unspecified atom stereocenters. The molecule has 1 amide bonds. The molecule has 1 rings (SSSR count). The number of alkyl halides is 2. The van der Waals surface area contributed by atoms with Gasteiger partial charge < -0.3 is 5.32 Å². The topological polar surface area (TPSA) is 46.9 Å². The van der Waals surface area contributed by atoms with Gasteiger partial charge in [-0.05, 0) is 6.92 Å². The van der Waals surface area contributed by atoms with Crippen LogP contribution in [-0.2, 0) is 7.05 Å². The summed E-state index contributed by atoms with van der Waals surface area (Å²) in [6, 6.07) is 0. The summed E-state index contributed by atoms with van der Waals surface area (Å²) in [4.78, 5) is 11.7. The molecule has 0 aliphatic heterocycles. The van der Waals surface area contributed by atoms with Crippen molar-refractivity contribution in [2.45, 2.75) is 12.5 Å². The maximum atomic E-state index is 11.7. The van der Waals surface area contributed by atoms with Crippen molar-refractivity contribution in [1.82, 2.24) is 15.1 Å². The highest BCUT2D eigenvalue weighted by Gasteiger charge is 2.25. The predicted octanol–water partition coefficient (Wildman–Crippen LogP) is 1.39. The van der Waals surface area contributed by atoms with Gasteiger partial charge in [0.2, 0.25) is 0 Å². The Balaban J connectivity index is 2.71. The van der Waals surface area contributed by atoms with Gasteiger partial charge in [0.25, 0.3) is 5.91 Å². The van der Waals surface area contributed by atoms with Crippen LogP contribution >= 0.6 is 23.2 Å². The molecule has 0 saturated heterocycles. The first kappa shape index (κ1) is 12.3. The van der Waals surface area contributed by atoms with Crippen LogP contribution in [0.15, 0.2) is 12.4 Å². The van der Waals surface area contributed by atoms with E-state index < -0.39 is 5.54 Å². The van der Waals surface area contributed by atoms with Crippen LogP contribution in [0.25, 0.3) is 0 Å². The third-order valence-electron chi connectivity index (χ3n) is 1.97. The van der Waals surface area contributed by atoms with Gasteiger partial charge in [0.05, 0.1) is 17.3 Å². The first-order valence-electron chi connectivity index (χ1n) is 4.44. The molecule has 0 aliphatic rings. The molecule has 0 fully saturated rings. The number of aromatic nitrogens is 2. The van der Waals surface area contributed by atoms with Crippen LogP contribution < -0.4 is 5.32 Å². The molecule has 0 aliphatic carbocycles. The number of rotatable bonds is 4. The fraction of sp³-hybridized carbons (Fsp3) is 0.556. The smallest absolute Gasteiger partial charge is 0.254 e. The monoisotopic (exact) mass is 249 g/mol. The van der Waals surface area contributed by atoms with Crippen molar-refractivity contribution >= 4 is 29.1 Å². The van der Waals surface area contributed by atoms with Crippen molar-refractivity contribution in [2.75, 3.05) is 11.8 Å². The largest absolute Gasteiger partial charge is 0.344 e. The highest BCUT2D eigenvalue weighted by Crippen LogP contribution is 2.10. The summed E-state index contributed by atoms with van der Waals surface area (Å²) in [5.74, 6) is 0.317. The second-order valence-electron chi connectivity index (χ2n) is 3.68. The van der Waals surface area contributed by atoms with Gasteiger partial charge in [0.15, 0.2) is 0 Å². The number of carbonyl (C=O) groups excluding carboxylic acids is 1. The Morgan fingerprint density at radius 3 is 2.60 bits per heavy atom. The van der Waals surface area contributed by atoms with Gasteiger partial charge in [-0.3, -0.25) is 9.48 Å². The minimum absolute atomic E-state index is 0.216. The van der Waals surface area contributed by atoms with Crippen LogP contribution in [0.1, 0.15) is 17.3 Å². The van der Waals surface area contributed by atoms with Gasteiger partial charge >= 0.3 is 0 Å². The number of halogens is 2. The number of nitrogens with zero attached hydrogens (tertiary/aromatic N) is 2. The second kappa shape index (κ2) is 4.86. The molecule has 0 spiro atoms. The zero-order valence-corrected chi connectivity index (χ0v) is 10.1. The minimum Gasteiger partial charge on any atom is -0.344 e. The van der Waals surface area contributed by atoms with E-state index in [9.17, 15) is 4.79 Å². The molecule has 1 aromatic heterocycles. The summed E-state index contributed by atoms with van der Waals surface area (Å²) in [5.41, 5.74) is -0.0882. The summed E-state index contributed by atoms with van der Waals surface area (Å²) < 4.78 is 1.56. The van der Waals surface area contributed by atoms with E-state index in [-0.39, 0.29) is 17.7 Å². The van der Waals surface area contributed by atoms with E-state index in [1.807, 2.05) is 0 Å².